The lowest BCUT2D eigenvalue weighted by molar-refractivity contribution is 0.0997. The standard InChI is InChI=1S/C13H19NO3/c1-5-8-9(6-2)12(17-4)10(13(14)15)7-11(8)16-3/h7H,5-6H2,1-4H3,(H2,14,15). The number of ether oxygens (including phenoxy) is 2. The lowest BCUT2D eigenvalue weighted by atomic mass is 9.96. The van der Waals surface area contributed by atoms with Crippen LogP contribution in [-0.2, 0) is 12.8 Å². The Morgan fingerprint density at radius 2 is 1.76 bits per heavy atom. The molecule has 0 saturated carbocycles. The molecule has 0 heterocycles. The van der Waals surface area contributed by atoms with Gasteiger partial charge in [0.05, 0.1) is 19.8 Å². The first-order valence-electron chi connectivity index (χ1n) is 5.67. The van der Waals surface area contributed by atoms with E-state index in [-0.39, 0.29) is 0 Å². The number of hydrogen-bond acceptors (Lipinski definition) is 3. The minimum absolute atomic E-state index is 0.374. The van der Waals surface area contributed by atoms with E-state index in [2.05, 4.69) is 0 Å². The summed E-state index contributed by atoms with van der Waals surface area (Å²) in [6.45, 7) is 4.06. The zero-order valence-electron chi connectivity index (χ0n) is 10.8. The molecule has 0 fully saturated rings. The second-order valence-corrected chi connectivity index (χ2v) is 3.69. The summed E-state index contributed by atoms with van der Waals surface area (Å²) in [4.78, 5) is 11.4. The average Bonchev–Trinajstić information content (AvgIpc) is 2.35. The maximum atomic E-state index is 11.4. The zero-order valence-corrected chi connectivity index (χ0v) is 10.8. The van der Waals surface area contributed by atoms with Gasteiger partial charge in [-0.15, -0.1) is 0 Å². The second-order valence-electron chi connectivity index (χ2n) is 3.69. The van der Waals surface area contributed by atoms with Crippen LogP contribution in [0.25, 0.3) is 0 Å². The van der Waals surface area contributed by atoms with Crippen molar-refractivity contribution >= 4 is 5.91 Å². The molecule has 4 heteroatoms. The Bertz CT molecular complexity index is 427. The van der Waals surface area contributed by atoms with Gasteiger partial charge in [0.2, 0.25) is 0 Å². The molecule has 0 aliphatic rings. The second kappa shape index (κ2) is 5.57. The minimum atomic E-state index is -0.502. The Kier molecular flexibility index (Phi) is 4.37. The monoisotopic (exact) mass is 237 g/mol. The molecule has 0 unspecified atom stereocenters. The van der Waals surface area contributed by atoms with Crippen LogP contribution in [0, 0.1) is 0 Å². The first-order valence-corrected chi connectivity index (χ1v) is 5.67. The molecule has 2 N–H and O–H groups in total. The van der Waals surface area contributed by atoms with Gasteiger partial charge in [0.1, 0.15) is 11.5 Å². The first kappa shape index (κ1) is 13.4. The smallest absolute Gasteiger partial charge is 0.252 e. The molecule has 0 saturated heterocycles. The van der Waals surface area contributed by atoms with Crippen molar-refractivity contribution in [1.29, 1.82) is 0 Å². The lowest BCUT2D eigenvalue weighted by Gasteiger charge is -2.18. The lowest BCUT2D eigenvalue weighted by Crippen LogP contribution is -2.15. The number of hydrogen-bond donors (Lipinski definition) is 1. The molecule has 0 aliphatic heterocycles. The SMILES string of the molecule is CCc1c(OC)cc(C(N)=O)c(OC)c1CC. The summed E-state index contributed by atoms with van der Waals surface area (Å²) in [6, 6.07) is 1.65. The summed E-state index contributed by atoms with van der Waals surface area (Å²) < 4.78 is 10.6. The number of amides is 1. The van der Waals surface area contributed by atoms with Gasteiger partial charge in [0.15, 0.2) is 0 Å². The molecule has 0 spiro atoms. The molecule has 17 heavy (non-hydrogen) atoms. The van der Waals surface area contributed by atoms with Crippen LogP contribution in [0.2, 0.25) is 0 Å². The molecule has 4 nitrogen and oxygen atoms in total. The van der Waals surface area contributed by atoms with E-state index in [1.54, 1.807) is 20.3 Å². The highest BCUT2D eigenvalue weighted by Gasteiger charge is 2.19. The number of carbonyl (C=O) groups is 1. The maximum Gasteiger partial charge on any atom is 0.252 e. The van der Waals surface area contributed by atoms with Crippen molar-refractivity contribution in [3.63, 3.8) is 0 Å². The van der Waals surface area contributed by atoms with Gasteiger partial charge in [-0.05, 0) is 18.9 Å². The first-order chi connectivity index (χ1) is 8.10. The Morgan fingerprint density at radius 3 is 2.12 bits per heavy atom. The summed E-state index contributed by atoms with van der Waals surface area (Å²) in [7, 11) is 3.14. The highest BCUT2D eigenvalue weighted by Crippen LogP contribution is 2.35. The molecule has 1 amide bonds. The molecule has 0 aliphatic carbocycles. The molecule has 0 radical (unpaired) electrons. The molecular weight excluding hydrogens is 218 g/mol. The quantitative estimate of drug-likeness (QED) is 0.851. The third-order valence-electron chi connectivity index (χ3n) is 2.85. The normalized spacial score (nSPS) is 10.1. The van der Waals surface area contributed by atoms with Crippen LogP contribution in [-0.4, -0.2) is 20.1 Å². The van der Waals surface area contributed by atoms with Gasteiger partial charge in [-0.1, -0.05) is 13.8 Å². The Labute approximate surface area is 102 Å². The van der Waals surface area contributed by atoms with Gasteiger partial charge in [-0.25, -0.2) is 0 Å². The fourth-order valence-corrected chi connectivity index (χ4v) is 2.09. The molecule has 0 bridgehead atoms. The Hall–Kier alpha value is -1.71. The summed E-state index contributed by atoms with van der Waals surface area (Å²) >= 11 is 0. The van der Waals surface area contributed by atoms with Gasteiger partial charge < -0.3 is 15.2 Å². The van der Waals surface area contributed by atoms with E-state index < -0.39 is 5.91 Å². The number of primary amides is 1. The van der Waals surface area contributed by atoms with E-state index in [9.17, 15) is 4.79 Å². The highest BCUT2D eigenvalue weighted by atomic mass is 16.5. The number of methoxy groups -OCH3 is 2. The third kappa shape index (κ3) is 2.35. The zero-order chi connectivity index (χ0) is 13.0. The van der Waals surface area contributed by atoms with Crippen molar-refractivity contribution in [3.05, 3.63) is 22.8 Å². The van der Waals surface area contributed by atoms with Crippen molar-refractivity contribution in [2.24, 2.45) is 5.73 Å². The Balaban J connectivity index is 3.60. The summed E-state index contributed by atoms with van der Waals surface area (Å²) in [6.07, 6.45) is 1.59. The topological polar surface area (TPSA) is 61.5 Å². The summed E-state index contributed by atoms with van der Waals surface area (Å²) in [5, 5.41) is 0. The van der Waals surface area contributed by atoms with Crippen LogP contribution in [0.15, 0.2) is 6.07 Å². The van der Waals surface area contributed by atoms with Gasteiger partial charge >= 0.3 is 0 Å². The number of carbonyl (C=O) groups excluding carboxylic acids is 1. The summed E-state index contributed by atoms with van der Waals surface area (Å²) in [5.41, 5.74) is 7.78. The van der Waals surface area contributed by atoms with Crippen LogP contribution < -0.4 is 15.2 Å². The maximum absolute atomic E-state index is 11.4. The van der Waals surface area contributed by atoms with Crippen LogP contribution in [0.1, 0.15) is 35.3 Å². The molecule has 94 valence electrons. The molecule has 0 aromatic heterocycles. The van der Waals surface area contributed by atoms with Crippen molar-refractivity contribution in [1.82, 2.24) is 0 Å². The van der Waals surface area contributed by atoms with Gasteiger partial charge in [-0.3, -0.25) is 4.79 Å². The van der Waals surface area contributed by atoms with Crippen LogP contribution in [0.5, 0.6) is 11.5 Å². The van der Waals surface area contributed by atoms with Gasteiger partial charge in [-0.2, -0.15) is 0 Å². The van der Waals surface area contributed by atoms with Crippen molar-refractivity contribution in [3.8, 4) is 11.5 Å². The van der Waals surface area contributed by atoms with Crippen LogP contribution >= 0.6 is 0 Å². The van der Waals surface area contributed by atoms with E-state index in [1.165, 1.54) is 0 Å². The molecule has 1 rings (SSSR count). The van der Waals surface area contributed by atoms with Crippen molar-refractivity contribution in [2.45, 2.75) is 26.7 Å². The molecular formula is C13H19NO3. The molecule has 1 aromatic carbocycles. The number of benzene rings is 1. The summed E-state index contributed by atoms with van der Waals surface area (Å²) in [5.74, 6) is 0.758. The van der Waals surface area contributed by atoms with E-state index in [4.69, 9.17) is 15.2 Å². The van der Waals surface area contributed by atoms with E-state index >= 15 is 0 Å². The molecule has 0 atom stereocenters. The average molecular weight is 237 g/mol. The van der Waals surface area contributed by atoms with Gasteiger partial charge in [0.25, 0.3) is 5.91 Å². The Morgan fingerprint density at radius 1 is 1.18 bits per heavy atom. The minimum Gasteiger partial charge on any atom is -0.496 e. The highest BCUT2D eigenvalue weighted by molar-refractivity contribution is 5.97. The van der Waals surface area contributed by atoms with E-state index in [0.717, 1.165) is 24.0 Å². The van der Waals surface area contributed by atoms with Crippen molar-refractivity contribution in [2.75, 3.05) is 14.2 Å². The van der Waals surface area contributed by atoms with Crippen LogP contribution in [0.3, 0.4) is 0 Å². The predicted molar refractivity (Wildman–Crippen MR) is 66.8 cm³/mol. The fourth-order valence-electron chi connectivity index (χ4n) is 2.09. The third-order valence-corrected chi connectivity index (χ3v) is 2.85. The largest absolute Gasteiger partial charge is 0.496 e. The van der Waals surface area contributed by atoms with E-state index in [1.807, 2.05) is 13.8 Å². The fraction of sp³-hybridized carbons (Fsp3) is 0.462. The van der Waals surface area contributed by atoms with E-state index in [0.29, 0.717) is 17.1 Å². The van der Waals surface area contributed by atoms with Crippen LogP contribution in [0.4, 0.5) is 0 Å². The molecule has 1 aromatic rings. The van der Waals surface area contributed by atoms with Gasteiger partial charge in [0, 0.05) is 11.1 Å². The number of nitrogens with two attached hydrogens (primary N) is 1. The predicted octanol–water partition coefficient (Wildman–Crippen LogP) is 1.93. The number of rotatable bonds is 5. The van der Waals surface area contributed by atoms with Crippen molar-refractivity contribution < 1.29 is 14.3 Å².